The molecule has 1 heterocycles. The minimum Gasteiger partial charge on any atom is -0.384 e. The molecule has 0 aromatic carbocycles. The standard InChI is InChI=1S/C13H18N4O3/c1-8-3-2-4-9(8)6-16-13(18)10-5-12(14)15-7-11(10)17(19)20/h5,7-9H,2-4,6H2,1H3,(H2,14,15)(H,16,18). The van der Waals surface area contributed by atoms with Crippen molar-refractivity contribution in [2.24, 2.45) is 11.8 Å². The van der Waals surface area contributed by atoms with Gasteiger partial charge in [-0.05, 0) is 24.3 Å². The minimum absolute atomic E-state index is 0.0341. The Labute approximate surface area is 116 Å². The zero-order chi connectivity index (χ0) is 14.7. The predicted octanol–water partition coefficient (Wildman–Crippen LogP) is 1.74. The van der Waals surface area contributed by atoms with Crippen LogP contribution in [0.1, 0.15) is 36.5 Å². The molecule has 1 aliphatic rings. The van der Waals surface area contributed by atoms with Crippen molar-refractivity contribution in [3.8, 4) is 0 Å². The number of carbonyl (C=O) groups excluding carboxylic acids is 1. The highest BCUT2D eigenvalue weighted by Gasteiger charge is 2.26. The third-order valence-corrected chi connectivity index (χ3v) is 3.91. The molecule has 2 unspecified atom stereocenters. The third-order valence-electron chi connectivity index (χ3n) is 3.91. The average molecular weight is 278 g/mol. The van der Waals surface area contributed by atoms with E-state index in [1.54, 1.807) is 0 Å². The Morgan fingerprint density at radius 2 is 2.35 bits per heavy atom. The number of anilines is 1. The highest BCUT2D eigenvalue weighted by molar-refractivity contribution is 5.98. The summed E-state index contributed by atoms with van der Waals surface area (Å²) in [5, 5.41) is 13.7. The number of pyridine rings is 1. The zero-order valence-electron chi connectivity index (χ0n) is 11.3. The lowest BCUT2D eigenvalue weighted by molar-refractivity contribution is -0.385. The number of nitrogens with one attached hydrogen (secondary N) is 1. The van der Waals surface area contributed by atoms with Gasteiger partial charge in [0.2, 0.25) is 0 Å². The van der Waals surface area contributed by atoms with Crippen molar-refractivity contribution in [3.63, 3.8) is 0 Å². The summed E-state index contributed by atoms with van der Waals surface area (Å²) in [5.74, 6) is 0.643. The summed E-state index contributed by atoms with van der Waals surface area (Å²) < 4.78 is 0. The van der Waals surface area contributed by atoms with Crippen LogP contribution in [0.15, 0.2) is 12.3 Å². The van der Waals surface area contributed by atoms with Gasteiger partial charge in [0.25, 0.3) is 11.6 Å². The van der Waals surface area contributed by atoms with E-state index in [-0.39, 0.29) is 17.1 Å². The molecule has 2 atom stereocenters. The Kier molecular flexibility index (Phi) is 4.16. The van der Waals surface area contributed by atoms with E-state index < -0.39 is 10.8 Å². The quantitative estimate of drug-likeness (QED) is 0.643. The summed E-state index contributed by atoms with van der Waals surface area (Å²) in [4.78, 5) is 26.0. The Morgan fingerprint density at radius 3 is 2.95 bits per heavy atom. The maximum absolute atomic E-state index is 12.1. The van der Waals surface area contributed by atoms with Gasteiger partial charge < -0.3 is 11.1 Å². The van der Waals surface area contributed by atoms with Crippen LogP contribution in [0.4, 0.5) is 11.5 Å². The number of nitro groups is 1. The van der Waals surface area contributed by atoms with Gasteiger partial charge in [0.15, 0.2) is 0 Å². The Morgan fingerprint density at radius 1 is 1.60 bits per heavy atom. The molecular formula is C13H18N4O3. The molecule has 1 aromatic heterocycles. The predicted molar refractivity (Wildman–Crippen MR) is 74.1 cm³/mol. The van der Waals surface area contributed by atoms with Gasteiger partial charge in [-0.1, -0.05) is 19.8 Å². The Balaban J connectivity index is 2.08. The van der Waals surface area contributed by atoms with Crippen LogP contribution < -0.4 is 11.1 Å². The number of hydrogen-bond acceptors (Lipinski definition) is 5. The van der Waals surface area contributed by atoms with Gasteiger partial charge in [0.05, 0.1) is 4.92 Å². The molecule has 2 rings (SSSR count). The second-order valence-corrected chi connectivity index (χ2v) is 5.26. The molecule has 0 bridgehead atoms. The SMILES string of the molecule is CC1CCCC1CNC(=O)c1cc(N)ncc1[N+](=O)[O-]. The highest BCUT2D eigenvalue weighted by atomic mass is 16.6. The summed E-state index contributed by atoms with van der Waals surface area (Å²) in [5.41, 5.74) is 5.13. The van der Waals surface area contributed by atoms with Crippen molar-refractivity contribution in [1.29, 1.82) is 0 Å². The number of aromatic nitrogens is 1. The normalized spacial score (nSPS) is 21.6. The highest BCUT2D eigenvalue weighted by Crippen LogP contribution is 2.30. The fourth-order valence-corrected chi connectivity index (χ4v) is 2.64. The molecule has 7 nitrogen and oxygen atoms in total. The lowest BCUT2D eigenvalue weighted by Crippen LogP contribution is -2.30. The number of nitrogens with two attached hydrogens (primary N) is 1. The maximum Gasteiger partial charge on any atom is 0.300 e. The number of nitrogens with zero attached hydrogens (tertiary/aromatic N) is 2. The largest absolute Gasteiger partial charge is 0.384 e. The summed E-state index contributed by atoms with van der Waals surface area (Å²) in [6.07, 6.45) is 4.44. The monoisotopic (exact) mass is 278 g/mol. The molecule has 1 amide bonds. The van der Waals surface area contributed by atoms with Crippen LogP contribution in [0, 0.1) is 22.0 Å². The van der Waals surface area contributed by atoms with E-state index in [1.165, 1.54) is 18.9 Å². The molecule has 108 valence electrons. The summed E-state index contributed by atoms with van der Waals surface area (Å²) in [6.45, 7) is 2.70. The summed E-state index contributed by atoms with van der Waals surface area (Å²) in [6, 6.07) is 1.24. The lowest BCUT2D eigenvalue weighted by atomic mass is 9.98. The molecule has 0 aliphatic heterocycles. The van der Waals surface area contributed by atoms with Gasteiger partial charge in [0, 0.05) is 6.54 Å². The van der Waals surface area contributed by atoms with Crippen molar-refractivity contribution in [1.82, 2.24) is 10.3 Å². The van der Waals surface area contributed by atoms with Gasteiger partial charge in [-0.3, -0.25) is 14.9 Å². The van der Waals surface area contributed by atoms with Crippen molar-refractivity contribution < 1.29 is 9.72 Å². The topological polar surface area (TPSA) is 111 Å². The second kappa shape index (κ2) is 5.85. The molecular weight excluding hydrogens is 260 g/mol. The van der Waals surface area contributed by atoms with E-state index in [9.17, 15) is 14.9 Å². The van der Waals surface area contributed by atoms with Crippen LogP contribution >= 0.6 is 0 Å². The minimum atomic E-state index is -0.625. The fraction of sp³-hybridized carbons (Fsp3) is 0.538. The molecule has 7 heteroatoms. The number of amides is 1. The van der Waals surface area contributed by atoms with Gasteiger partial charge in [-0.25, -0.2) is 4.98 Å². The molecule has 1 fully saturated rings. The third kappa shape index (κ3) is 3.04. The Bertz CT molecular complexity index is 532. The summed E-state index contributed by atoms with van der Waals surface area (Å²) in [7, 11) is 0. The van der Waals surface area contributed by atoms with Crippen molar-refractivity contribution in [2.75, 3.05) is 12.3 Å². The first kappa shape index (κ1) is 14.2. The van der Waals surface area contributed by atoms with Crippen LogP contribution in [0.25, 0.3) is 0 Å². The van der Waals surface area contributed by atoms with Crippen LogP contribution in [-0.4, -0.2) is 22.4 Å². The summed E-state index contributed by atoms with van der Waals surface area (Å²) >= 11 is 0. The van der Waals surface area contributed by atoms with Gasteiger partial charge in [-0.2, -0.15) is 0 Å². The molecule has 0 radical (unpaired) electrons. The van der Waals surface area contributed by atoms with Crippen LogP contribution in [0.2, 0.25) is 0 Å². The number of hydrogen-bond donors (Lipinski definition) is 2. The van der Waals surface area contributed by atoms with Gasteiger partial charge >= 0.3 is 0 Å². The van der Waals surface area contributed by atoms with E-state index in [0.717, 1.165) is 12.6 Å². The van der Waals surface area contributed by atoms with E-state index in [0.29, 0.717) is 18.4 Å². The van der Waals surface area contributed by atoms with Gasteiger partial charge in [0.1, 0.15) is 17.6 Å². The average Bonchev–Trinajstić information content (AvgIpc) is 2.81. The lowest BCUT2D eigenvalue weighted by Gasteiger charge is -2.15. The van der Waals surface area contributed by atoms with Crippen molar-refractivity contribution in [3.05, 3.63) is 27.9 Å². The van der Waals surface area contributed by atoms with E-state index in [2.05, 4.69) is 17.2 Å². The first-order valence-corrected chi connectivity index (χ1v) is 6.67. The first-order valence-electron chi connectivity index (χ1n) is 6.67. The van der Waals surface area contributed by atoms with Crippen molar-refractivity contribution >= 4 is 17.4 Å². The zero-order valence-corrected chi connectivity index (χ0v) is 11.3. The molecule has 1 aliphatic carbocycles. The van der Waals surface area contributed by atoms with Crippen LogP contribution in [0.3, 0.4) is 0 Å². The smallest absolute Gasteiger partial charge is 0.300 e. The molecule has 20 heavy (non-hydrogen) atoms. The maximum atomic E-state index is 12.1. The molecule has 1 saturated carbocycles. The molecule has 3 N–H and O–H groups in total. The van der Waals surface area contributed by atoms with Gasteiger partial charge in [-0.15, -0.1) is 0 Å². The van der Waals surface area contributed by atoms with E-state index in [1.807, 2.05) is 0 Å². The first-order chi connectivity index (χ1) is 9.49. The van der Waals surface area contributed by atoms with Crippen LogP contribution in [0.5, 0.6) is 0 Å². The number of nitrogen functional groups attached to an aromatic ring is 1. The molecule has 0 saturated heterocycles. The molecule has 1 aromatic rings. The second-order valence-electron chi connectivity index (χ2n) is 5.26. The fourth-order valence-electron chi connectivity index (χ4n) is 2.64. The number of rotatable bonds is 4. The van der Waals surface area contributed by atoms with E-state index in [4.69, 9.17) is 5.73 Å². The van der Waals surface area contributed by atoms with Crippen LogP contribution in [-0.2, 0) is 0 Å². The Hall–Kier alpha value is -2.18. The van der Waals surface area contributed by atoms with E-state index >= 15 is 0 Å². The number of carbonyl (C=O) groups is 1. The van der Waals surface area contributed by atoms with Crippen molar-refractivity contribution in [2.45, 2.75) is 26.2 Å². The molecule has 0 spiro atoms.